The van der Waals surface area contributed by atoms with Crippen molar-refractivity contribution in [3.8, 4) is 10.9 Å². The van der Waals surface area contributed by atoms with E-state index in [0.717, 1.165) is 16.9 Å². The van der Waals surface area contributed by atoms with Crippen molar-refractivity contribution in [1.29, 1.82) is 0 Å². The highest BCUT2D eigenvalue weighted by atomic mass is 35.5. The first kappa shape index (κ1) is 24.4. The van der Waals surface area contributed by atoms with Gasteiger partial charge in [0, 0.05) is 11.2 Å². The van der Waals surface area contributed by atoms with E-state index in [-0.39, 0.29) is 39.8 Å². The number of carboxylic acid groups (broad SMARTS) is 1. The topological polar surface area (TPSA) is 143 Å². The molecule has 0 amide bonds. The Balaban J connectivity index is 1.48. The van der Waals surface area contributed by atoms with Crippen LogP contribution >= 0.6 is 22.9 Å². The number of benzene rings is 2. The smallest absolute Gasteiger partial charge is 0.347 e. The van der Waals surface area contributed by atoms with E-state index in [9.17, 15) is 9.59 Å². The lowest BCUT2D eigenvalue weighted by atomic mass is 10.2. The number of aromatic amines is 1. The Morgan fingerprint density at radius 2 is 2.00 bits per heavy atom. The summed E-state index contributed by atoms with van der Waals surface area (Å²) < 4.78 is 7.11. The van der Waals surface area contributed by atoms with Crippen molar-refractivity contribution >= 4 is 40.5 Å². The van der Waals surface area contributed by atoms with Gasteiger partial charge in [-0.25, -0.2) is 19.8 Å². The summed E-state index contributed by atoms with van der Waals surface area (Å²) in [6.07, 6.45) is 2.48. The average Bonchev–Trinajstić information content (AvgIpc) is 3.53. The standard InChI is InChI=1S/C24H19ClN6O5S/c1-13-28-20(36-30-13)18-10-26-23(31(21(18)32)12-14-2-4-15(25)5-3-14)29-16-6-8-17(9-7-16)35-24-27-11-19(37-24)22(33)34/h2-11,13,30H,12H2,1H3,(H,26,29)(H,33,34). The second-order valence-corrected chi connectivity index (χ2v) is 9.31. The van der Waals surface area contributed by atoms with E-state index in [2.05, 4.69) is 25.4 Å². The van der Waals surface area contributed by atoms with Gasteiger partial charge in [-0.1, -0.05) is 35.1 Å². The van der Waals surface area contributed by atoms with Crippen LogP contribution in [0.2, 0.25) is 5.02 Å². The first-order valence-corrected chi connectivity index (χ1v) is 12.1. The fraction of sp³-hybridized carbons (Fsp3) is 0.125. The predicted molar refractivity (Wildman–Crippen MR) is 137 cm³/mol. The summed E-state index contributed by atoms with van der Waals surface area (Å²) in [5.74, 6) is -0.410. The summed E-state index contributed by atoms with van der Waals surface area (Å²) in [6, 6.07) is 13.9. The van der Waals surface area contributed by atoms with Gasteiger partial charge in [0.25, 0.3) is 10.8 Å². The highest BCUT2D eigenvalue weighted by Gasteiger charge is 2.21. The molecular formula is C24H19ClN6O5S. The van der Waals surface area contributed by atoms with Crippen LogP contribution < -0.4 is 21.4 Å². The van der Waals surface area contributed by atoms with Crippen LogP contribution in [0, 0.1) is 0 Å². The quantitative estimate of drug-likeness (QED) is 0.325. The molecule has 0 fully saturated rings. The number of hydrogen-bond acceptors (Lipinski definition) is 9. The minimum Gasteiger partial charge on any atom is -0.477 e. The zero-order valence-corrected chi connectivity index (χ0v) is 20.8. The highest BCUT2D eigenvalue weighted by molar-refractivity contribution is 7.15. The van der Waals surface area contributed by atoms with Crippen LogP contribution in [0.3, 0.4) is 0 Å². The number of nitrogens with one attached hydrogen (secondary N) is 2. The molecule has 37 heavy (non-hydrogen) atoms. The number of hydrogen-bond donors (Lipinski definition) is 3. The average molecular weight is 539 g/mol. The molecule has 2 aromatic heterocycles. The molecule has 3 heterocycles. The Morgan fingerprint density at radius 3 is 2.65 bits per heavy atom. The molecule has 0 spiro atoms. The molecule has 1 atom stereocenters. The molecule has 13 heteroatoms. The van der Waals surface area contributed by atoms with Crippen LogP contribution in [0.4, 0.5) is 5.69 Å². The number of aliphatic imine (C=N–C) groups is 1. The Bertz CT molecular complexity index is 1610. The number of carboxylic acids is 1. The molecule has 0 saturated heterocycles. The predicted octanol–water partition coefficient (Wildman–Crippen LogP) is 3.68. The zero-order valence-electron chi connectivity index (χ0n) is 19.2. The number of hydroxylamine groups is 1. The fourth-order valence-electron chi connectivity index (χ4n) is 3.39. The Hall–Kier alpha value is -4.26. The summed E-state index contributed by atoms with van der Waals surface area (Å²) in [5, 5.41) is 9.83. The molecule has 0 aliphatic carbocycles. The largest absolute Gasteiger partial charge is 0.477 e. The summed E-state index contributed by atoms with van der Waals surface area (Å²) in [4.78, 5) is 45.9. The first-order chi connectivity index (χ1) is 17.9. The molecule has 1 aliphatic rings. The van der Waals surface area contributed by atoms with Crippen molar-refractivity contribution in [2.45, 2.75) is 19.6 Å². The minimum absolute atomic E-state index is 0.0819. The molecule has 1 aliphatic heterocycles. The third-order valence-electron chi connectivity index (χ3n) is 5.17. The van der Waals surface area contributed by atoms with E-state index in [1.807, 2.05) is 12.1 Å². The molecule has 11 nitrogen and oxygen atoms in total. The third-order valence-corrected chi connectivity index (χ3v) is 6.29. The number of aromatic carboxylic acids is 1. The molecule has 5 rings (SSSR count). The van der Waals surface area contributed by atoms with Gasteiger partial charge in [-0.15, -0.1) is 5.48 Å². The lowest BCUT2D eigenvalue weighted by Crippen LogP contribution is -2.39. The second kappa shape index (κ2) is 10.4. The molecular weight excluding hydrogens is 520 g/mol. The van der Waals surface area contributed by atoms with Gasteiger partial charge in [0.1, 0.15) is 22.4 Å². The number of nitrogens with zero attached hydrogens (tertiary/aromatic N) is 4. The third kappa shape index (κ3) is 5.61. The Labute approximate surface area is 218 Å². The summed E-state index contributed by atoms with van der Waals surface area (Å²) in [6.45, 7) is 2.03. The van der Waals surface area contributed by atoms with Crippen molar-refractivity contribution in [2.24, 2.45) is 9.98 Å². The summed E-state index contributed by atoms with van der Waals surface area (Å²) in [5.41, 5.74) is 4.34. The number of thiazole rings is 1. The van der Waals surface area contributed by atoms with E-state index >= 15 is 0 Å². The maximum Gasteiger partial charge on any atom is 0.347 e. The van der Waals surface area contributed by atoms with Crippen molar-refractivity contribution in [3.63, 3.8) is 0 Å². The van der Waals surface area contributed by atoms with Gasteiger partial charge >= 0.3 is 5.97 Å². The van der Waals surface area contributed by atoms with Gasteiger partial charge in [-0.2, -0.15) is 0 Å². The Morgan fingerprint density at radius 1 is 1.24 bits per heavy atom. The molecule has 3 N–H and O–H groups in total. The van der Waals surface area contributed by atoms with Crippen molar-refractivity contribution in [3.05, 3.63) is 97.9 Å². The fourth-order valence-corrected chi connectivity index (χ4v) is 4.14. The highest BCUT2D eigenvalue weighted by Crippen LogP contribution is 2.27. The van der Waals surface area contributed by atoms with Gasteiger partial charge < -0.3 is 19.7 Å². The Kier molecular flexibility index (Phi) is 6.86. The number of H-pyrrole nitrogens is 1. The second-order valence-electron chi connectivity index (χ2n) is 7.88. The number of carbonyl (C=O) groups is 1. The van der Waals surface area contributed by atoms with Crippen LogP contribution in [-0.2, 0) is 11.4 Å². The molecule has 0 bridgehead atoms. The van der Waals surface area contributed by atoms with Crippen LogP contribution in [0.1, 0.15) is 27.7 Å². The van der Waals surface area contributed by atoms with Crippen molar-refractivity contribution < 1.29 is 19.5 Å². The SMILES string of the molecule is CC1N=C(c2c[nH]/c(=N\c3ccc(Oc4ncc(C(=O)O)s4)cc3)n(Cc3ccc(Cl)cc3)c2=O)ON1. The van der Waals surface area contributed by atoms with Gasteiger partial charge in [-0.05, 0) is 48.9 Å². The van der Waals surface area contributed by atoms with Gasteiger partial charge in [0.2, 0.25) is 11.5 Å². The number of aromatic nitrogens is 3. The number of ether oxygens (including phenoxy) is 1. The summed E-state index contributed by atoms with van der Waals surface area (Å²) in [7, 11) is 0. The molecule has 188 valence electrons. The van der Waals surface area contributed by atoms with E-state index in [1.165, 1.54) is 17.0 Å². The molecule has 4 aromatic rings. The normalized spacial score (nSPS) is 15.4. The van der Waals surface area contributed by atoms with Gasteiger partial charge in [-0.3, -0.25) is 9.36 Å². The van der Waals surface area contributed by atoms with Crippen LogP contribution in [0.25, 0.3) is 0 Å². The lowest BCUT2D eigenvalue weighted by molar-refractivity contribution is 0.0702. The van der Waals surface area contributed by atoms with Crippen LogP contribution in [-0.4, -0.2) is 37.7 Å². The van der Waals surface area contributed by atoms with E-state index in [1.54, 1.807) is 43.3 Å². The van der Waals surface area contributed by atoms with E-state index in [4.69, 9.17) is 26.3 Å². The molecule has 0 radical (unpaired) electrons. The van der Waals surface area contributed by atoms with E-state index < -0.39 is 5.97 Å². The monoisotopic (exact) mass is 538 g/mol. The first-order valence-electron chi connectivity index (χ1n) is 10.9. The number of rotatable bonds is 7. The van der Waals surface area contributed by atoms with Crippen molar-refractivity contribution in [2.75, 3.05) is 0 Å². The van der Waals surface area contributed by atoms with Crippen LogP contribution in [0.15, 0.2) is 75.7 Å². The maximum atomic E-state index is 13.5. The van der Waals surface area contributed by atoms with Gasteiger partial charge in [0.15, 0.2) is 0 Å². The minimum atomic E-state index is -1.06. The molecule has 2 aromatic carbocycles. The molecule has 0 saturated carbocycles. The lowest BCUT2D eigenvalue weighted by Gasteiger charge is -2.10. The van der Waals surface area contributed by atoms with Gasteiger partial charge in [0.05, 0.1) is 18.4 Å². The zero-order chi connectivity index (χ0) is 25.9. The maximum absolute atomic E-state index is 13.5. The summed E-state index contributed by atoms with van der Waals surface area (Å²) >= 11 is 6.94. The molecule has 1 unspecified atom stereocenters. The number of halogens is 1. The van der Waals surface area contributed by atoms with Crippen LogP contribution in [0.5, 0.6) is 10.9 Å². The van der Waals surface area contributed by atoms with Crippen molar-refractivity contribution in [1.82, 2.24) is 20.0 Å². The van der Waals surface area contributed by atoms with E-state index in [0.29, 0.717) is 22.1 Å².